The molecule has 0 amide bonds. The molecule has 0 saturated heterocycles. The molecule has 0 aliphatic rings. The molecule has 0 fully saturated rings. The van der Waals surface area contributed by atoms with Crippen LogP contribution in [0.15, 0.2) is 24.7 Å². The van der Waals surface area contributed by atoms with Crippen molar-refractivity contribution >= 4 is 50.6 Å². The van der Waals surface area contributed by atoms with Gasteiger partial charge in [-0.05, 0) is 0 Å². The van der Waals surface area contributed by atoms with E-state index in [1.54, 1.807) is 0 Å². The fourth-order valence-corrected chi connectivity index (χ4v) is 7.26. The minimum Gasteiger partial charge on any atom is -0.282 e. The third-order valence-electron chi connectivity index (χ3n) is 2.27. The van der Waals surface area contributed by atoms with E-state index in [1.807, 2.05) is 0 Å². The van der Waals surface area contributed by atoms with E-state index in [0.29, 0.717) is 0 Å². The highest BCUT2D eigenvalue weighted by Gasteiger charge is 2.44. The van der Waals surface area contributed by atoms with Gasteiger partial charge in [-0.2, -0.15) is 42.1 Å². The van der Waals surface area contributed by atoms with Crippen LogP contribution < -0.4 is 0 Å². The molecule has 0 unspecified atom stereocenters. The molecule has 0 bridgehead atoms. The summed E-state index contributed by atoms with van der Waals surface area (Å²) in [7, 11) is -30.6. The lowest BCUT2D eigenvalue weighted by Crippen LogP contribution is -2.23. The van der Waals surface area contributed by atoms with Crippen molar-refractivity contribution in [2.45, 2.75) is 24.7 Å². The Morgan fingerprint density at radius 2 is 0.654 bits per heavy atom. The molecule has 0 aliphatic carbocycles. The predicted molar refractivity (Wildman–Crippen MR) is 73.3 cm³/mol. The molecule has 0 saturated carbocycles. The first-order chi connectivity index (χ1) is 11.1. The summed E-state index contributed by atoms with van der Waals surface area (Å²) in [6, 6.07) is 0. The molecule has 0 spiro atoms. The van der Waals surface area contributed by atoms with E-state index in [9.17, 15) is 42.1 Å². The van der Waals surface area contributed by atoms with Gasteiger partial charge < -0.3 is 0 Å². The number of pyridine rings is 1. The van der Waals surface area contributed by atoms with Crippen LogP contribution in [-0.2, 0) is 50.6 Å². The maximum Gasteiger partial charge on any atom is 0.313 e. The largest absolute Gasteiger partial charge is 0.313 e. The van der Waals surface area contributed by atoms with E-state index >= 15 is 0 Å². The fourth-order valence-electron chi connectivity index (χ4n) is 1.53. The first-order valence-corrected chi connectivity index (χ1v) is 12.2. The van der Waals surface area contributed by atoms with Crippen molar-refractivity contribution in [3.05, 3.63) is 0 Å². The molecule has 1 aromatic rings. The Morgan fingerprint density at radius 3 is 0.808 bits per heavy atom. The standard InChI is InChI=1S/C5H5NO15S5/c7-22(8,9)1-2(23(10,11)12)4(25(16,17)18)6-5(26(19,20)21)3(1)24(13,14)15/h(H,7,8,9)(H,10,11,12)(H,13,14,15)(H,16,17,18)(H,19,20,21). The van der Waals surface area contributed by atoms with Crippen LogP contribution in [0.25, 0.3) is 0 Å². The average molecular weight is 479 g/mol. The van der Waals surface area contributed by atoms with Crippen molar-refractivity contribution < 1.29 is 64.9 Å². The molecule has 21 heteroatoms. The lowest BCUT2D eigenvalue weighted by Gasteiger charge is -2.14. The molecular formula is C5H5NO15S5. The quantitative estimate of drug-likeness (QED) is 0.269. The summed E-state index contributed by atoms with van der Waals surface area (Å²) in [6.07, 6.45) is 0. The number of hydrogen-bond donors (Lipinski definition) is 5. The molecule has 1 rings (SSSR count). The SMILES string of the molecule is O=S(=O)(O)c1nc(S(=O)(=O)O)c(S(=O)(=O)O)c(S(=O)(=O)O)c1S(=O)(=O)O. The van der Waals surface area contributed by atoms with Gasteiger partial charge in [0.25, 0.3) is 30.4 Å². The Kier molecular flexibility index (Phi) is 5.35. The zero-order valence-electron chi connectivity index (χ0n) is 11.3. The van der Waals surface area contributed by atoms with Gasteiger partial charge in [0.1, 0.15) is 4.90 Å². The van der Waals surface area contributed by atoms with E-state index < -0.39 is 75.3 Å². The van der Waals surface area contributed by atoms with Crippen molar-refractivity contribution in [2.75, 3.05) is 0 Å². The average Bonchev–Trinajstić information content (AvgIpc) is 2.30. The summed E-state index contributed by atoms with van der Waals surface area (Å²) in [4.78, 5) is -5.64. The van der Waals surface area contributed by atoms with E-state index in [2.05, 4.69) is 4.98 Å². The Balaban J connectivity index is 4.84. The van der Waals surface area contributed by atoms with Gasteiger partial charge in [0.2, 0.25) is 10.1 Å². The van der Waals surface area contributed by atoms with Gasteiger partial charge in [0.05, 0.1) is 0 Å². The van der Waals surface area contributed by atoms with Gasteiger partial charge >= 0.3 is 20.2 Å². The minimum absolute atomic E-state index is 2.29. The van der Waals surface area contributed by atoms with Crippen LogP contribution in [0.1, 0.15) is 0 Å². The molecule has 0 aromatic carbocycles. The zero-order chi connectivity index (χ0) is 21.1. The van der Waals surface area contributed by atoms with Crippen LogP contribution >= 0.6 is 0 Å². The Bertz CT molecular complexity index is 1220. The minimum atomic E-state index is -6.27. The van der Waals surface area contributed by atoms with E-state index in [1.165, 1.54) is 0 Å². The molecule has 0 radical (unpaired) electrons. The molecule has 0 atom stereocenters. The summed E-state index contributed by atoms with van der Waals surface area (Å²) < 4.78 is 157. The molecular weight excluding hydrogens is 474 g/mol. The number of rotatable bonds is 5. The second kappa shape index (κ2) is 6.11. The molecule has 150 valence electrons. The summed E-state index contributed by atoms with van der Waals surface area (Å²) in [5.74, 6) is 0. The zero-order valence-corrected chi connectivity index (χ0v) is 15.4. The summed E-state index contributed by atoms with van der Waals surface area (Å²) in [5.41, 5.74) is 0. The van der Waals surface area contributed by atoms with Crippen molar-refractivity contribution in [3.63, 3.8) is 0 Å². The number of hydrogen-bond acceptors (Lipinski definition) is 11. The monoisotopic (exact) mass is 479 g/mol. The maximum atomic E-state index is 11.3. The Hall–Kier alpha value is -1.30. The maximum absolute atomic E-state index is 11.3. The second-order valence-corrected chi connectivity index (χ2v) is 10.8. The van der Waals surface area contributed by atoms with Crippen molar-refractivity contribution in [3.8, 4) is 0 Å². The molecule has 1 aromatic heterocycles. The normalized spacial score (nSPS) is 14.3. The number of nitrogens with zero attached hydrogens (tertiary/aromatic N) is 1. The topological polar surface area (TPSA) is 285 Å². The van der Waals surface area contributed by atoms with Crippen molar-refractivity contribution in [2.24, 2.45) is 0 Å². The van der Waals surface area contributed by atoms with Crippen molar-refractivity contribution in [1.82, 2.24) is 4.98 Å². The molecule has 0 aliphatic heterocycles. The summed E-state index contributed by atoms with van der Waals surface area (Å²) in [6.45, 7) is 0. The Morgan fingerprint density at radius 1 is 0.423 bits per heavy atom. The van der Waals surface area contributed by atoms with Crippen LogP contribution in [0.3, 0.4) is 0 Å². The highest BCUT2D eigenvalue weighted by molar-refractivity contribution is 7.92. The van der Waals surface area contributed by atoms with E-state index in [4.69, 9.17) is 22.8 Å². The first-order valence-electron chi connectivity index (χ1n) is 5.05. The highest BCUT2D eigenvalue weighted by atomic mass is 32.2. The van der Waals surface area contributed by atoms with Gasteiger partial charge in [-0.1, -0.05) is 0 Å². The number of aromatic nitrogens is 1. The lowest BCUT2D eigenvalue weighted by atomic mass is 10.5. The molecule has 16 nitrogen and oxygen atoms in total. The second-order valence-electron chi connectivity index (χ2n) is 4.08. The van der Waals surface area contributed by atoms with Gasteiger partial charge in [-0.25, -0.2) is 4.98 Å². The smallest absolute Gasteiger partial charge is 0.282 e. The van der Waals surface area contributed by atoms with Crippen LogP contribution in [0, 0.1) is 0 Å². The summed E-state index contributed by atoms with van der Waals surface area (Å²) in [5, 5.41) is -4.99. The third-order valence-corrected chi connectivity index (χ3v) is 7.10. The Labute approximate surface area is 145 Å². The van der Waals surface area contributed by atoms with Gasteiger partial charge in [0, 0.05) is 0 Å². The third kappa shape index (κ3) is 4.51. The van der Waals surface area contributed by atoms with Crippen LogP contribution in [0.2, 0.25) is 0 Å². The lowest BCUT2D eigenvalue weighted by molar-refractivity contribution is 0.427. The van der Waals surface area contributed by atoms with Crippen LogP contribution in [0.5, 0.6) is 0 Å². The van der Waals surface area contributed by atoms with Gasteiger partial charge in [-0.3, -0.25) is 22.8 Å². The molecule has 1 heterocycles. The predicted octanol–water partition coefficient (Wildman–Crippen LogP) is -2.68. The van der Waals surface area contributed by atoms with Crippen LogP contribution in [0.4, 0.5) is 0 Å². The van der Waals surface area contributed by atoms with Crippen molar-refractivity contribution in [1.29, 1.82) is 0 Å². The van der Waals surface area contributed by atoms with E-state index in [0.717, 1.165) is 0 Å². The first kappa shape index (κ1) is 22.7. The van der Waals surface area contributed by atoms with Gasteiger partial charge in [-0.15, -0.1) is 0 Å². The summed E-state index contributed by atoms with van der Waals surface area (Å²) >= 11 is 0. The molecule has 26 heavy (non-hydrogen) atoms. The fraction of sp³-hybridized carbons (Fsp3) is 0. The van der Waals surface area contributed by atoms with E-state index in [-0.39, 0.29) is 0 Å². The molecule has 5 N–H and O–H groups in total. The van der Waals surface area contributed by atoms with Crippen LogP contribution in [-0.4, -0.2) is 69.8 Å². The van der Waals surface area contributed by atoms with Gasteiger partial charge in [0.15, 0.2) is 9.79 Å². The highest BCUT2D eigenvalue weighted by Crippen LogP contribution is 2.36.